The summed E-state index contributed by atoms with van der Waals surface area (Å²) in [5.74, 6) is -5.28. The Labute approximate surface area is 77.0 Å². The van der Waals surface area contributed by atoms with Crippen molar-refractivity contribution in [3.8, 4) is 0 Å². The maximum Gasteiger partial charge on any atom is 0.278 e. The van der Waals surface area contributed by atoms with Crippen LogP contribution in [0.4, 0.5) is 0 Å². The summed E-state index contributed by atoms with van der Waals surface area (Å²) in [6.45, 7) is 1.64. The number of nitrogens with one attached hydrogen (secondary N) is 1. The SMILES string of the molecule is CC(O)(O)C(O)(O)NCCCCN. The Morgan fingerprint density at radius 3 is 2.08 bits per heavy atom. The fraction of sp³-hybridized carbons (Fsp3) is 1.00. The summed E-state index contributed by atoms with van der Waals surface area (Å²) in [7, 11) is 0. The smallest absolute Gasteiger partial charge is 0.278 e. The van der Waals surface area contributed by atoms with Crippen molar-refractivity contribution in [3.63, 3.8) is 0 Å². The summed E-state index contributed by atoms with van der Waals surface area (Å²) in [6.07, 6.45) is 1.37. The first-order valence-corrected chi connectivity index (χ1v) is 4.16. The van der Waals surface area contributed by atoms with Gasteiger partial charge in [0.05, 0.1) is 0 Å². The molecule has 0 aromatic rings. The van der Waals surface area contributed by atoms with Gasteiger partial charge in [-0.05, 0) is 26.3 Å². The van der Waals surface area contributed by atoms with Gasteiger partial charge in [-0.15, -0.1) is 0 Å². The van der Waals surface area contributed by atoms with Crippen LogP contribution in [0.25, 0.3) is 0 Å². The quantitative estimate of drug-likeness (QED) is 0.208. The van der Waals surface area contributed by atoms with Gasteiger partial charge in [0.1, 0.15) is 0 Å². The van der Waals surface area contributed by atoms with Crippen LogP contribution in [0, 0.1) is 0 Å². The minimum absolute atomic E-state index is 0.251. The van der Waals surface area contributed by atoms with Crippen molar-refractivity contribution in [2.45, 2.75) is 31.5 Å². The molecule has 0 aromatic heterocycles. The van der Waals surface area contributed by atoms with Crippen LogP contribution >= 0.6 is 0 Å². The first kappa shape index (κ1) is 12.8. The van der Waals surface area contributed by atoms with E-state index in [2.05, 4.69) is 5.32 Å². The minimum Gasteiger partial charge on any atom is -0.361 e. The van der Waals surface area contributed by atoms with E-state index in [1.807, 2.05) is 0 Å². The lowest BCUT2D eigenvalue weighted by Crippen LogP contribution is -2.62. The molecule has 0 amide bonds. The molecule has 0 aliphatic carbocycles. The van der Waals surface area contributed by atoms with E-state index in [9.17, 15) is 0 Å². The second-order valence-electron chi connectivity index (χ2n) is 3.12. The van der Waals surface area contributed by atoms with Gasteiger partial charge < -0.3 is 26.2 Å². The molecule has 13 heavy (non-hydrogen) atoms. The molecule has 0 saturated heterocycles. The third-order valence-corrected chi connectivity index (χ3v) is 1.66. The first-order valence-electron chi connectivity index (χ1n) is 4.16. The predicted octanol–water partition coefficient (Wildman–Crippen LogP) is -2.35. The van der Waals surface area contributed by atoms with Gasteiger partial charge in [0.2, 0.25) is 5.79 Å². The van der Waals surface area contributed by atoms with E-state index in [1.165, 1.54) is 0 Å². The molecular formula is C7H18N2O4. The van der Waals surface area contributed by atoms with Gasteiger partial charge in [0.25, 0.3) is 5.91 Å². The van der Waals surface area contributed by atoms with Crippen molar-refractivity contribution in [1.82, 2.24) is 5.32 Å². The molecule has 80 valence electrons. The van der Waals surface area contributed by atoms with Gasteiger partial charge in [0, 0.05) is 6.54 Å². The van der Waals surface area contributed by atoms with E-state index in [0.29, 0.717) is 13.0 Å². The molecule has 0 aliphatic heterocycles. The maximum absolute atomic E-state index is 9.06. The molecule has 0 aliphatic rings. The highest BCUT2D eigenvalue weighted by Gasteiger charge is 2.42. The average Bonchev–Trinajstić information content (AvgIpc) is 1.96. The Bertz CT molecular complexity index is 144. The Hall–Kier alpha value is -0.240. The summed E-state index contributed by atoms with van der Waals surface area (Å²) < 4.78 is 0. The van der Waals surface area contributed by atoms with Crippen LogP contribution in [0.3, 0.4) is 0 Å². The number of nitrogens with two attached hydrogens (primary N) is 1. The lowest BCUT2D eigenvalue weighted by atomic mass is 10.2. The molecule has 0 rings (SSSR count). The summed E-state index contributed by atoms with van der Waals surface area (Å²) >= 11 is 0. The van der Waals surface area contributed by atoms with Crippen LogP contribution in [-0.2, 0) is 0 Å². The topological polar surface area (TPSA) is 119 Å². The van der Waals surface area contributed by atoms with E-state index in [1.54, 1.807) is 0 Å². The van der Waals surface area contributed by atoms with Gasteiger partial charge in [0.15, 0.2) is 0 Å². The number of hydrogen-bond acceptors (Lipinski definition) is 6. The molecule has 6 nitrogen and oxygen atoms in total. The molecule has 0 aromatic carbocycles. The number of hydrogen-bond donors (Lipinski definition) is 6. The first-order chi connectivity index (χ1) is 5.81. The van der Waals surface area contributed by atoms with Crippen LogP contribution in [0.5, 0.6) is 0 Å². The third kappa shape index (κ3) is 4.51. The lowest BCUT2D eigenvalue weighted by Gasteiger charge is -2.32. The third-order valence-electron chi connectivity index (χ3n) is 1.66. The predicted molar refractivity (Wildman–Crippen MR) is 46.3 cm³/mol. The highest BCUT2D eigenvalue weighted by atomic mass is 16.6. The van der Waals surface area contributed by atoms with Crippen molar-refractivity contribution in [2.24, 2.45) is 5.73 Å². The normalized spacial score (nSPS) is 13.4. The van der Waals surface area contributed by atoms with Gasteiger partial charge in [-0.25, -0.2) is 0 Å². The van der Waals surface area contributed by atoms with Gasteiger partial charge in [-0.3, -0.25) is 5.32 Å². The fourth-order valence-corrected chi connectivity index (χ4v) is 0.699. The zero-order valence-electron chi connectivity index (χ0n) is 7.69. The van der Waals surface area contributed by atoms with Crippen molar-refractivity contribution in [3.05, 3.63) is 0 Å². The van der Waals surface area contributed by atoms with E-state index in [4.69, 9.17) is 26.2 Å². The zero-order chi connectivity index (χ0) is 10.5. The second-order valence-corrected chi connectivity index (χ2v) is 3.12. The molecule has 0 fully saturated rings. The Morgan fingerprint density at radius 2 is 1.69 bits per heavy atom. The maximum atomic E-state index is 9.06. The summed E-state index contributed by atoms with van der Waals surface area (Å²) in [4.78, 5) is 0. The molecular weight excluding hydrogens is 176 g/mol. The lowest BCUT2D eigenvalue weighted by molar-refractivity contribution is -0.361. The summed E-state index contributed by atoms with van der Waals surface area (Å²) in [5, 5.41) is 38.1. The molecule has 0 saturated carbocycles. The molecule has 0 radical (unpaired) electrons. The Morgan fingerprint density at radius 1 is 1.15 bits per heavy atom. The van der Waals surface area contributed by atoms with E-state index >= 15 is 0 Å². The van der Waals surface area contributed by atoms with Crippen molar-refractivity contribution in [1.29, 1.82) is 0 Å². The average molecular weight is 194 g/mol. The molecule has 0 bridgehead atoms. The molecule has 7 N–H and O–H groups in total. The highest BCUT2D eigenvalue weighted by molar-refractivity contribution is 4.74. The fourth-order valence-electron chi connectivity index (χ4n) is 0.699. The second kappa shape index (κ2) is 4.85. The van der Waals surface area contributed by atoms with E-state index in [0.717, 1.165) is 13.3 Å². The van der Waals surface area contributed by atoms with Gasteiger partial charge in [-0.2, -0.15) is 0 Å². The summed E-state index contributed by atoms with van der Waals surface area (Å²) in [5.41, 5.74) is 5.21. The van der Waals surface area contributed by atoms with Crippen LogP contribution in [0.15, 0.2) is 0 Å². The summed E-state index contributed by atoms with van der Waals surface area (Å²) in [6, 6.07) is 0. The monoisotopic (exact) mass is 194 g/mol. The molecule has 0 unspecified atom stereocenters. The van der Waals surface area contributed by atoms with Crippen LogP contribution in [0.2, 0.25) is 0 Å². The van der Waals surface area contributed by atoms with E-state index in [-0.39, 0.29) is 6.54 Å². The number of unbranched alkanes of at least 4 members (excludes halogenated alkanes) is 1. The van der Waals surface area contributed by atoms with E-state index < -0.39 is 11.7 Å². The van der Waals surface area contributed by atoms with Gasteiger partial charge >= 0.3 is 0 Å². The van der Waals surface area contributed by atoms with Crippen LogP contribution in [0.1, 0.15) is 19.8 Å². The zero-order valence-corrected chi connectivity index (χ0v) is 7.69. The van der Waals surface area contributed by atoms with Crippen molar-refractivity contribution >= 4 is 0 Å². The largest absolute Gasteiger partial charge is 0.361 e. The Balaban J connectivity index is 3.77. The van der Waals surface area contributed by atoms with Crippen LogP contribution < -0.4 is 11.1 Å². The molecule has 0 spiro atoms. The highest BCUT2D eigenvalue weighted by Crippen LogP contribution is 2.12. The number of rotatable bonds is 6. The standard InChI is InChI=1S/C7H18N2O4/c1-6(10,11)7(12,13)9-5-3-2-4-8/h9-13H,2-5,8H2,1H3. The molecule has 0 heterocycles. The number of aliphatic hydroxyl groups is 4. The van der Waals surface area contributed by atoms with Gasteiger partial charge in [-0.1, -0.05) is 0 Å². The molecule has 0 atom stereocenters. The Kier molecular flexibility index (Phi) is 4.76. The van der Waals surface area contributed by atoms with Crippen molar-refractivity contribution in [2.75, 3.05) is 13.1 Å². The molecule has 6 heteroatoms. The van der Waals surface area contributed by atoms with Crippen molar-refractivity contribution < 1.29 is 20.4 Å². The minimum atomic E-state index is -2.69. The van der Waals surface area contributed by atoms with Crippen LogP contribution in [-0.4, -0.2) is 45.2 Å².